The maximum Gasteiger partial charge on any atom is 0.265 e. The highest BCUT2D eigenvalue weighted by atomic mass is 16.5. The van der Waals surface area contributed by atoms with Crippen molar-refractivity contribution in [2.24, 2.45) is 0 Å². The van der Waals surface area contributed by atoms with E-state index in [9.17, 15) is 4.79 Å². The van der Waals surface area contributed by atoms with Crippen molar-refractivity contribution in [2.45, 2.75) is 0 Å². The topological polar surface area (TPSA) is 53.4 Å². The minimum atomic E-state index is -0.118. The van der Waals surface area contributed by atoms with Crippen molar-refractivity contribution in [1.82, 2.24) is 9.55 Å². The second-order valence-corrected chi connectivity index (χ2v) is 4.50. The molecule has 0 amide bonds. The molecule has 0 aliphatic rings. The van der Waals surface area contributed by atoms with Gasteiger partial charge in [0.2, 0.25) is 0 Å². The van der Waals surface area contributed by atoms with Crippen molar-refractivity contribution >= 4 is 10.9 Å². The fraction of sp³-hybridized carbons (Fsp3) is 0.125. The molecule has 0 aliphatic carbocycles. The Balaban J connectivity index is 2.15. The number of methoxy groups -OCH3 is 2. The summed E-state index contributed by atoms with van der Waals surface area (Å²) in [6.07, 6.45) is 1.52. The van der Waals surface area contributed by atoms with Crippen LogP contribution in [0.4, 0.5) is 0 Å². The molecule has 0 spiro atoms. The van der Waals surface area contributed by atoms with Crippen molar-refractivity contribution in [2.75, 3.05) is 14.2 Å². The molecule has 0 N–H and O–H groups in total. The van der Waals surface area contributed by atoms with Crippen LogP contribution in [0.15, 0.2) is 53.6 Å². The van der Waals surface area contributed by atoms with Crippen LogP contribution >= 0.6 is 0 Å². The van der Waals surface area contributed by atoms with Gasteiger partial charge in [0.15, 0.2) is 0 Å². The average Bonchev–Trinajstić information content (AvgIpc) is 2.55. The SMILES string of the molecule is COc1ccc(-n2cnc3cc(OC)ccc3c2=O)cc1. The first-order valence-corrected chi connectivity index (χ1v) is 6.43. The Labute approximate surface area is 121 Å². The van der Waals surface area contributed by atoms with E-state index in [1.54, 1.807) is 44.6 Å². The summed E-state index contributed by atoms with van der Waals surface area (Å²) in [6.45, 7) is 0. The summed E-state index contributed by atoms with van der Waals surface area (Å²) in [6, 6.07) is 12.5. The third kappa shape index (κ3) is 2.33. The molecule has 5 heteroatoms. The van der Waals surface area contributed by atoms with Gasteiger partial charge in [-0.15, -0.1) is 0 Å². The summed E-state index contributed by atoms with van der Waals surface area (Å²) < 4.78 is 11.8. The van der Waals surface area contributed by atoms with Crippen LogP contribution in [-0.4, -0.2) is 23.8 Å². The first-order chi connectivity index (χ1) is 10.2. The average molecular weight is 282 g/mol. The van der Waals surface area contributed by atoms with E-state index < -0.39 is 0 Å². The molecule has 0 fully saturated rings. The van der Waals surface area contributed by atoms with Crippen LogP contribution in [0, 0.1) is 0 Å². The van der Waals surface area contributed by atoms with E-state index in [1.165, 1.54) is 10.9 Å². The van der Waals surface area contributed by atoms with E-state index >= 15 is 0 Å². The molecule has 1 heterocycles. The number of benzene rings is 2. The molecule has 21 heavy (non-hydrogen) atoms. The third-order valence-electron chi connectivity index (χ3n) is 3.32. The number of hydrogen-bond acceptors (Lipinski definition) is 4. The molecule has 0 aliphatic heterocycles. The lowest BCUT2D eigenvalue weighted by Gasteiger charge is -2.08. The molecule has 0 saturated heterocycles. The lowest BCUT2D eigenvalue weighted by Crippen LogP contribution is -2.18. The van der Waals surface area contributed by atoms with Gasteiger partial charge in [0, 0.05) is 6.07 Å². The van der Waals surface area contributed by atoms with Gasteiger partial charge in [-0.3, -0.25) is 9.36 Å². The summed E-state index contributed by atoms with van der Waals surface area (Å²) in [5, 5.41) is 0.550. The summed E-state index contributed by atoms with van der Waals surface area (Å²) in [4.78, 5) is 16.9. The van der Waals surface area contributed by atoms with E-state index in [1.807, 2.05) is 12.1 Å². The van der Waals surface area contributed by atoms with E-state index in [4.69, 9.17) is 9.47 Å². The molecule has 0 radical (unpaired) electrons. The molecular weight excluding hydrogens is 268 g/mol. The van der Waals surface area contributed by atoms with Crippen LogP contribution < -0.4 is 15.0 Å². The highest BCUT2D eigenvalue weighted by Crippen LogP contribution is 2.18. The Hall–Kier alpha value is -2.82. The van der Waals surface area contributed by atoms with Crippen LogP contribution in [0.2, 0.25) is 0 Å². The van der Waals surface area contributed by atoms with Crippen LogP contribution in [-0.2, 0) is 0 Å². The van der Waals surface area contributed by atoms with Crippen LogP contribution in [0.25, 0.3) is 16.6 Å². The molecule has 0 unspecified atom stereocenters. The molecule has 5 nitrogen and oxygen atoms in total. The summed E-state index contributed by atoms with van der Waals surface area (Å²) in [5.41, 5.74) is 1.24. The highest BCUT2D eigenvalue weighted by molar-refractivity contribution is 5.79. The summed E-state index contributed by atoms with van der Waals surface area (Å²) in [7, 11) is 3.19. The Morgan fingerprint density at radius 1 is 0.952 bits per heavy atom. The zero-order valence-electron chi connectivity index (χ0n) is 11.7. The molecule has 3 aromatic rings. The van der Waals surface area contributed by atoms with Crippen molar-refractivity contribution in [3.63, 3.8) is 0 Å². The van der Waals surface area contributed by atoms with Crippen LogP contribution in [0.1, 0.15) is 0 Å². The number of ether oxygens (including phenoxy) is 2. The van der Waals surface area contributed by atoms with Gasteiger partial charge in [0.25, 0.3) is 5.56 Å². The van der Waals surface area contributed by atoms with Gasteiger partial charge in [-0.2, -0.15) is 0 Å². The number of nitrogens with zero attached hydrogens (tertiary/aromatic N) is 2. The number of rotatable bonds is 3. The van der Waals surface area contributed by atoms with Crippen molar-refractivity contribution in [3.8, 4) is 17.2 Å². The van der Waals surface area contributed by atoms with Gasteiger partial charge < -0.3 is 9.47 Å². The fourth-order valence-electron chi connectivity index (χ4n) is 2.15. The second-order valence-electron chi connectivity index (χ2n) is 4.50. The molecule has 0 saturated carbocycles. The number of hydrogen-bond donors (Lipinski definition) is 0. The lowest BCUT2D eigenvalue weighted by atomic mass is 10.2. The predicted molar refractivity (Wildman–Crippen MR) is 80.4 cm³/mol. The van der Waals surface area contributed by atoms with Crippen LogP contribution in [0.3, 0.4) is 0 Å². The van der Waals surface area contributed by atoms with Crippen molar-refractivity contribution < 1.29 is 9.47 Å². The zero-order valence-corrected chi connectivity index (χ0v) is 11.7. The Bertz CT molecular complexity index is 838. The summed E-state index contributed by atoms with van der Waals surface area (Å²) >= 11 is 0. The van der Waals surface area contributed by atoms with Gasteiger partial charge in [-0.05, 0) is 36.4 Å². The third-order valence-corrected chi connectivity index (χ3v) is 3.32. The first kappa shape index (κ1) is 13.2. The molecule has 106 valence electrons. The van der Waals surface area contributed by atoms with Crippen LogP contribution in [0.5, 0.6) is 11.5 Å². The normalized spacial score (nSPS) is 10.6. The highest BCUT2D eigenvalue weighted by Gasteiger charge is 2.07. The number of fused-ring (bicyclic) bond motifs is 1. The largest absolute Gasteiger partial charge is 0.497 e. The standard InChI is InChI=1S/C16H14N2O3/c1-20-12-5-3-11(4-6-12)18-10-17-15-9-13(21-2)7-8-14(15)16(18)19/h3-10H,1-2H3. The predicted octanol–water partition coefficient (Wildman–Crippen LogP) is 2.40. The van der Waals surface area contributed by atoms with Crippen molar-refractivity contribution in [1.29, 1.82) is 0 Å². The van der Waals surface area contributed by atoms with Gasteiger partial charge in [0.05, 0.1) is 30.8 Å². The Morgan fingerprint density at radius 2 is 1.62 bits per heavy atom. The molecule has 3 rings (SSSR count). The van der Waals surface area contributed by atoms with Gasteiger partial charge >= 0.3 is 0 Å². The van der Waals surface area contributed by atoms with E-state index in [-0.39, 0.29) is 5.56 Å². The molecule has 0 bridgehead atoms. The molecular formula is C16H14N2O3. The Kier molecular flexibility index (Phi) is 3.31. The lowest BCUT2D eigenvalue weighted by molar-refractivity contribution is 0.414. The van der Waals surface area contributed by atoms with Gasteiger partial charge in [0.1, 0.15) is 17.8 Å². The van der Waals surface area contributed by atoms with Gasteiger partial charge in [-0.25, -0.2) is 4.98 Å². The minimum Gasteiger partial charge on any atom is -0.497 e. The molecule has 2 aromatic carbocycles. The first-order valence-electron chi connectivity index (χ1n) is 6.43. The quantitative estimate of drug-likeness (QED) is 0.740. The monoisotopic (exact) mass is 282 g/mol. The fourth-order valence-corrected chi connectivity index (χ4v) is 2.15. The maximum absolute atomic E-state index is 12.5. The zero-order chi connectivity index (χ0) is 14.8. The van der Waals surface area contributed by atoms with E-state index in [2.05, 4.69) is 4.98 Å². The van der Waals surface area contributed by atoms with Crippen molar-refractivity contribution in [3.05, 3.63) is 59.1 Å². The second kappa shape index (κ2) is 5.28. The molecule has 1 aromatic heterocycles. The minimum absolute atomic E-state index is 0.118. The molecule has 0 atom stereocenters. The van der Waals surface area contributed by atoms with Gasteiger partial charge in [-0.1, -0.05) is 0 Å². The summed E-state index contributed by atoms with van der Waals surface area (Å²) in [5.74, 6) is 1.42. The smallest absolute Gasteiger partial charge is 0.265 e. The Morgan fingerprint density at radius 3 is 2.29 bits per heavy atom. The maximum atomic E-state index is 12.5. The van der Waals surface area contributed by atoms with E-state index in [0.29, 0.717) is 16.7 Å². The van der Waals surface area contributed by atoms with E-state index in [0.717, 1.165) is 11.4 Å². The number of aromatic nitrogens is 2.